The molecule has 0 saturated heterocycles. The first-order chi connectivity index (χ1) is 12.1. The maximum Gasteiger partial charge on any atom is 0.326 e. The van der Waals surface area contributed by atoms with Crippen molar-refractivity contribution in [3.05, 3.63) is 50.8 Å². The minimum atomic E-state index is -0.626. The number of para-hydroxylation sites is 1. The Morgan fingerprint density at radius 3 is 3.20 bits per heavy atom. The highest BCUT2D eigenvalue weighted by atomic mass is 32.1. The summed E-state index contributed by atoms with van der Waals surface area (Å²) in [6.45, 7) is 2.75. The van der Waals surface area contributed by atoms with E-state index >= 15 is 0 Å². The predicted octanol–water partition coefficient (Wildman–Crippen LogP) is 2.20. The number of hydrogen-bond acceptors (Lipinski definition) is 5. The topological polar surface area (TPSA) is 82.9 Å². The summed E-state index contributed by atoms with van der Waals surface area (Å²) in [6, 6.07) is 5.89. The number of hydrogen-bond donors (Lipinski definition) is 3. The number of H-pyrrole nitrogens is 1. The van der Waals surface area contributed by atoms with Crippen LogP contribution in [0, 0.1) is 0 Å². The lowest BCUT2D eigenvalue weighted by Gasteiger charge is -2.26. The molecule has 3 aromatic rings. The van der Waals surface area contributed by atoms with E-state index in [1.54, 1.807) is 15.9 Å². The number of nitrogens with one attached hydrogen (secondary N) is 2. The highest BCUT2D eigenvalue weighted by molar-refractivity contribution is 7.09. The molecule has 0 amide bonds. The number of aromatic nitrogens is 3. The van der Waals surface area contributed by atoms with Gasteiger partial charge in [0.05, 0.1) is 22.6 Å². The Morgan fingerprint density at radius 2 is 2.40 bits per heavy atom. The third-order valence-electron chi connectivity index (χ3n) is 4.99. The second kappa shape index (κ2) is 6.74. The molecule has 0 bridgehead atoms. The number of thiazole rings is 1. The summed E-state index contributed by atoms with van der Waals surface area (Å²) in [5, 5.41) is 14.5. The Bertz CT molecular complexity index is 915. The summed E-state index contributed by atoms with van der Waals surface area (Å²) in [5.74, 6) is 0. The van der Waals surface area contributed by atoms with Gasteiger partial charge in [0.15, 0.2) is 0 Å². The Kier molecular flexibility index (Phi) is 4.45. The number of aryl methyl sites for hydroxylation is 2. The molecule has 6 nitrogen and oxygen atoms in total. The smallest absolute Gasteiger partial charge is 0.326 e. The molecule has 0 spiro atoms. The molecule has 7 heteroatoms. The van der Waals surface area contributed by atoms with Crippen LogP contribution in [0.4, 0.5) is 0 Å². The van der Waals surface area contributed by atoms with Crippen LogP contribution >= 0.6 is 11.3 Å². The van der Waals surface area contributed by atoms with Crippen molar-refractivity contribution in [1.82, 2.24) is 19.9 Å². The van der Waals surface area contributed by atoms with Gasteiger partial charge < -0.3 is 15.4 Å². The lowest BCUT2D eigenvalue weighted by molar-refractivity contribution is 0.119. The molecule has 25 heavy (non-hydrogen) atoms. The Morgan fingerprint density at radius 1 is 1.52 bits per heavy atom. The average Bonchev–Trinajstić information content (AvgIpc) is 3.19. The lowest BCUT2D eigenvalue weighted by Crippen LogP contribution is -2.41. The molecule has 0 radical (unpaired) electrons. The van der Waals surface area contributed by atoms with Gasteiger partial charge in [-0.2, -0.15) is 0 Å². The molecule has 0 saturated carbocycles. The molecule has 1 aromatic carbocycles. The molecule has 0 aliphatic carbocycles. The van der Waals surface area contributed by atoms with Crippen LogP contribution < -0.4 is 11.0 Å². The first-order valence-electron chi connectivity index (χ1n) is 8.66. The Balaban J connectivity index is 1.51. The highest BCUT2D eigenvalue weighted by Crippen LogP contribution is 2.30. The van der Waals surface area contributed by atoms with Gasteiger partial charge in [0.2, 0.25) is 0 Å². The maximum absolute atomic E-state index is 12.2. The van der Waals surface area contributed by atoms with Gasteiger partial charge >= 0.3 is 5.69 Å². The van der Waals surface area contributed by atoms with E-state index in [0.717, 1.165) is 29.4 Å². The molecule has 2 aromatic heterocycles. The fraction of sp³-hybridized carbons (Fsp3) is 0.444. The van der Waals surface area contributed by atoms with Gasteiger partial charge in [0.25, 0.3) is 0 Å². The van der Waals surface area contributed by atoms with E-state index in [4.69, 9.17) is 0 Å². The zero-order valence-corrected chi connectivity index (χ0v) is 14.9. The van der Waals surface area contributed by atoms with E-state index in [1.807, 2.05) is 29.9 Å². The van der Waals surface area contributed by atoms with Crippen molar-refractivity contribution in [3.63, 3.8) is 0 Å². The Labute approximate surface area is 149 Å². The van der Waals surface area contributed by atoms with Gasteiger partial charge in [-0.1, -0.05) is 12.1 Å². The zero-order chi connectivity index (χ0) is 17.4. The van der Waals surface area contributed by atoms with Crippen LogP contribution in [0.5, 0.6) is 0 Å². The van der Waals surface area contributed by atoms with Crippen molar-refractivity contribution in [2.45, 2.75) is 50.9 Å². The van der Waals surface area contributed by atoms with E-state index in [-0.39, 0.29) is 17.8 Å². The van der Waals surface area contributed by atoms with Crippen LogP contribution in [-0.2, 0) is 13.0 Å². The molecule has 132 valence electrons. The van der Waals surface area contributed by atoms with E-state index in [2.05, 4.69) is 22.2 Å². The van der Waals surface area contributed by atoms with Gasteiger partial charge in [-0.25, -0.2) is 4.79 Å². The third kappa shape index (κ3) is 3.15. The van der Waals surface area contributed by atoms with E-state index in [0.29, 0.717) is 13.0 Å². The van der Waals surface area contributed by atoms with Crippen molar-refractivity contribution in [2.75, 3.05) is 0 Å². The average molecular weight is 358 g/mol. The fourth-order valence-corrected chi connectivity index (χ4v) is 4.30. The zero-order valence-electron chi connectivity index (χ0n) is 14.1. The highest BCUT2D eigenvalue weighted by Gasteiger charge is 2.29. The summed E-state index contributed by atoms with van der Waals surface area (Å²) in [6.07, 6.45) is 3.98. The molecule has 3 atom stereocenters. The molecule has 1 aliphatic heterocycles. The summed E-state index contributed by atoms with van der Waals surface area (Å²) >= 11 is 1.68. The first kappa shape index (κ1) is 16.5. The number of aliphatic hydroxyl groups excluding tert-OH is 1. The van der Waals surface area contributed by atoms with E-state index < -0.39 is 6.10 Å². The van der Waals surface area contributed by atoms with Crippen molar-refractivity contribution in [2.24, 2.45) is 0 Å². The van der Waals surface area contributed by atoms with Crippen molar-refractivity contribution >= 4 is 22.4 Å². The number of imidazole rings is 1. The SMILES string of the molecule is CC(CCc1cncs1)N[C@@H]1CCn2c(=O)[nH]c3cccc(c32)[C@H]1O. The Hall–Kier alpha value is -1.96. The number of aliphatic hydroxyl groups is 1. The molecule has 4 rings (SSSR count). The summed E-state index contributed by atoms with van der Waals surface area (Å²) in [4.78, 5) is 20.4. The predicted molar refractivity (Wildman–Crippen MR) is 99.0 cm³/mol. The number of rotatable bonds is 5. The van der Waals surface area contributed by atoms with Crippen LogP contribution in [0.1, 0.15) is 36.3 Å². The summed E-state index contributed by atoms with van der Waals surface area (Å²) in [7, 11) is 0. The van der Waals surface area contributed by atoms with Crippen LogP contribution in [0.3, 0.4) is 0 Å². The number of nitrogens with zero attached hydrogens (tertiary/aromatic N) is 2. The van der Waals surface area contributed by atoms with Crippen LogP contribution in [0.25, 0.3) is 11.0 Å². The second-order valence-corrected chi connectivity index (χ2v) is 7.71. The van der Waals surface area contributed by atoms with Gasteiger partial charge in [0, 0.05) is 35.3 Å². The molecule has 3 heterocycles. The van der Waals surface area contributed by atoms with E-state index in [9.17, 15) is 9.90 Å². The number of aromatic amines is 1. The molecule has 1 unspecified atom stereocenters. The standard InChI is InChI=1S/C18H22N4O2S/c1-11(5-6-12-9-19-10-25-12)20-15-7-8-22-16-13(17(15)23)3-2-4-14(16)21-18(22)24/h2-4,9-11,15,17,20,23H,5-8H2,1H3,(H,21,24)/t11?,15-,17-/m1/s1. The van der Waals surface area contributed by atoms with Crippen molar-refractivity contribution < 1.29 is 5.11 Å². The van der Waals surface area contributed by atoms with Crippen molar-refractivity contribution in [3.8, 4) is 0 Å². The van der Waals surface area contributed by atoms with E-state index in [1.165, 1.54) is 4.88 Å². The minimum absolute atomic E-state index is 0.0682. The van der Waals surface area contributed by atoms with Gasteiger partial charge in [-0.05, 0) is 32.3 Å². The minimum Gasteiger partial charge on any atom is -0.387 e. The second-order valence-electron chi connectivity index (χ2n) is 6.74. The molecule has 1 aliphatic rings. The van der Waals surface area contributed by atoms with Crippen LogP contribution in [0.2, 0.25) is 0 Å². The number of benzene rings is 1. The first-order valence-corrected chi connectivity index (χ1v) is 9.54. The quantitative estimate of drug-likeness (QED) is 0.653. The van der Waals surface area contributed by atoms with Gasteiger partial charge in [-0.15, -0.1) is 11.3 Å². The fourth-order valence-electron chi connectivity index (χ4n) is 3.69. The summed E-state index contributed by atoms with van der Waals surface area (Å²) in [5.41, 5.74) is 4.20. The third-order valence-corrected chi connectivity index (χ3v) is 5.83. The largest absolute Gasteiger partial charge is 0.387 e. The van der Waals surface area contributed by atoms with Crippen LogP contribution in [0.15, 0.2) is 34.7 Å². The maximum atomic E-state index is 12.2. The summed E-state index contributed by atoms with van der Waals surface area (Å²) < 4.78 is 1.75. The normalized spacial score (nSPS) is 21.4. The van der Waals surface area contributed by atoms with Gasteiger partial charge in [-0.3, -0.25) is 9.55 Å². The van der Waals surface area contributed by atoms with Crippen LogP contribution in [-0.4, -0.2) is 31.7 Å². The lowest BCUT2D eigenvalue weighted by atomic mass is 9.98. The molecular weight excluding hydrogens is 336 g/mol. The molecule has 3 N–H and O–H groups in total. The van der Waals surface area contributed by atoms with Crippen molar-refractivity contribution in [1.29, 1.82) is 0 Å². The molecule has 0 fully saturated rings. The monoisotopic (exact) mass is 358 g/mol. The van der Waals surface area contributed by atoms with Gasteiger partial charge in [0.1, 0.15) is 0 Å². The molecular formula is C18H22N4O2S.